The van der Waals surface area contributed by atoms with Crippen LogP contribution in [-0.4, -0.2) is 9.55 Å². The van der Waals surface area contributed by atoms with Crippen LogP contribution in [0.5, 0.6) is 0 Å². The van der Waals surface area contributed by atoms with E-state index < -0.39 is 0 Å². The number of rotatable bonds is 4. The van der Waals surface area contributed by atoms with Crippen LogP contribution >= 0.6 is 11.8 Å². The first-order valence-corrected chi connectivity index (χ1v) is 7.45. The molecule has 1 heterocycles. The Kier molecular flexibility index (Phi) is 3.92. The van der Waals surface area contributed by atoms with Crippen LogP contribution in [0.2, 0.25) is 0 Å². The third kappa shape index (κ3) is 3.44. The normalized spacial score (nSPS) is 10.7. The minimum absolute atomic E-state index is 0.298. The number of anilines is 1. The molecule has 21 heavy (non-hydrogen) atoms. The van der Waals surface area contributed by atoms with Gasteiger partial charge >= 0.3 is 0 Å². The predicted molar refractivity (Wildman–Crippen MR) is 83.9 cm³/mol. The molecule has 0 aliphatic rings. The second-order valence-corrected chi connectivity index (χ2v) is 5.69. The molecule has 2 N–H and O–H groups in total. The van der Waals surface area contributed by atoms with Crippen LogP contribution in [-0.2, 0) is 5.75 Å². The van der Waals surface area contributed by atoms with Crippen molar-refractivity contribution in [1.29, 1.82) is 0 Å². The lowest BCUT2D eigenvalue weighted by Gasteiger charge is -2.06. The number of nitrogens with two attached hydrogens (primary N) is 1. The van der Waals surface area contributed by atoms with Crippen LogP contribution in [0.1, 0.15) is 5.56 Å². The van der Waals surface area contributed by atoms with Gasteiger partial charge in [-0.05, 0) is 35.9 Å². The van der Waals surface area contributed by atoms with Crippen molar-refractivity contribution in [2.45, 2.75) is 10.6 Å². The molecule has 0 fully saturated rings. The Bertz CT molecular complexity index is 704. The van der Waals surface area contributed by atoms with Gasteiger partial charge in [-0.25, -0.2) is 9.37 Å². The maximum atomic E-state index is 13.3. The highest BCUT2D eigenvalue weighted by molar-refractivity contribution is 7.98. The Morgan fingerprint density at radius 2 is 1.95 bits per heavy atom. The van der Waals surface area contributed by atoms with E-state index in [-0.39, 0.29) is 5.82 Å². The average Bonchev–Trinajstić information content (AvgIpc) is 2.99. The molecule has 0 aliphatic carbocycles. The minimum Gasteiger partial charge on any atom is -0.399 e. The summed E-state index contributed by atoms with van der Waals surface area (Å²) >= 11 is 1.57. The van der Waals surface area contributed by atoms with E-state index in [0.717, 1.165) is 16.3 Å². The van der Waals surface area contributed by atoms with Crippen LogP contribution in [0.4, 0.5) is 10.1 Å². The SMILES string of the molecule is Nc1cc(F)cc(SCc2ccc(-n3ccnc3)cc2)c1. The number of hydrogen-bond donors (Lipinski definition) is 1. The summed E-state index contributed by atoms with van der Waals surface area (Å²) in [5, 5.41) is 0. The zero-order valence-electron chi connectivity index (χ0n) is 11.2. The molecule has 3 rings (SSSR count). The van der Waals surface area contributed by atoms with Crippen LogP contribution < -0.4 is 5.73 Å². The van der Waals surface area contributed by atoms with E-state index >= 15 is 0 Å². The van der Waals surface area contributed by atoms with E-state index in [2.05, 4.69) is 17.1 Å². The smallest absolute Gasteiger partial charge is 0.126 e. The molecule has 0 saturated carbocycles. The quantitative estimate of drug-likeness (QED) is 0.587. The van der Waals surface area contributed by atoms with Crippen molar-refractivity contribution < 1.29 is 4.39 Å². The molecule has 0 radical (unpaired) electrons. The van der Waals surface area contributed by atoms with Crippen molar-refractivity contribution in [2.75, 3.05) is 5.73 Å². The molecule has 5 heteroatoms. The average molecular weight is 299 g/mol. The summed E-state index contributed by atoms with van der Waals surface area (Å²) in [5.41, 5.74) is 8.33. The number of benzene rings is 2. The molecule has 0 aliphatic heterocycles. The third-order valence-electron chi connectivity index (χ3n) is 3.04. The van der Waals surface area contributed by atoms with E-state index in [1.807, 2.05) is 22.9 Å². The molecular weight excluding hydrogens is 285 g/mol. The lowest BCUT2D eigenvalue weighted by atomic mass is 10.2. The molecule has 1 aromatic heterocycles. The zero-order chi connectivity index (χ0) is 14.7. The molecule has 0 atom stereocenters. The summed E-state index contributed by atoms with van der Waals surface area (Å²) in [6, 6.07) is 12.8. The molecule has 3 nitrogen and oxygen atoms in total. The fourth-order valence-corrected chi connectivity index (χ4v) is 2.95. The van der Waals surface area contributed by atoms with Crippen molar-refractivity contribution in [1.82, 2.24) is 9.55 Å². The van der Waals surface area contributed by atoms with Gasteiger partial charge in [-0.2, -0.15) is 0 Å². The van der Waals surface area contributed by atoms with E-state index in [4.69, 9.17) is 5.73 Å². The molecule has 106 valence electrons. The Hall–Kier alpha value is -2.27. The Labute approximate surface area is 126 Å². The molecule has 2 aromatic carbocycles. The van der Waals surface area contributed by atoms with Gasteiger partial charge in [-0.1, -0.05) is 12.1 Å². The first-order chi connectivity index (χ1) is 10.2. The zero-order valence-corrected chi connectivity index (χ0v) is 12.1. The lowest BCUT2D eigenvalue weighted by Crippen LogP contribution is -1.90. The number of thioether (sulfide) groups is 1. The fourth-order valence-electron chi connectivity index (χ4n) is 2.01. The monoisotopic (exact) mass is 299 g/mol. The molecule has 0 amide bonds. The van der Waals surface area contributed by atoms with Gasteiger partial charge in [-0.15, -0.1) is 11.8 Å². The van der Waals surface area contributed by atoms with Crippen LogP contribution in [0.3, 0.4) is 0 Å². The summed E-state index contributed by atoms with van der Waals surface area (Å²) in [6.07, 6.45) is 5.41. The van der Waals surface area contributed by atoms with E-state index in [1.54, 1.807) is 30.4 Å². The Morgan fingerprint density at radius 1 is 1.14 bits per heavy atom. The maximum absolute atomic E-state index is 13.3. The highest BCUT2D eigenvalue weighted by Crippen LogP contribution is 2.26. The molecule has 0 saturated heterocycles. The number of nitrogen functional groups attached to an aromatic ring is 1. The number of imidazole rings is 1. The molecule has 0 unspecified atom stereocenters. The van der Waals surface area contributed by atoms with E-state index in [1.165, 1.54) is 17.7 Å². The highest BCUT2D eigenvalue weighted by Gasteiger charge is 2.01. The van der Waals surface area contributed by atoms with Crippen molar-refractivity contribution in [3.8, 4) is 5.69 Å². The molecule has 0 spiro atoms. The van der Waals surface area contributed by atoms with Crippen molar-refractivity contribution >= 4 is 17.4 Å². The van der Waals surface area contributed by atoms with Crippen molar-refractivity contribution in [3.63, 3.8) is 0 Å². The van der Waals surface area contributed by atoms with Gasteiger partial charge in [0.2, 0.25) is 0 Å². The Balaban J connectivity index is 1.68. The third-order valence-corrected chi connectivity index (χ3v) is 4.08. The van der Waals surface area contributed by atoms with E-state index in [9.17, 15) is 4.39 Å². The second kappa shape index (κ2) is 6.01. The predicted octanol–water partition coefficient (Wildman–Crippen LogP) is 3.89. The van der Waals surface area contributed by atoms with Crippen LogP contribution in [0.25, 0.3) is 5.69 Å². The Morgan fingerprint density at radius 3 is 2.62 bits per heavy atom. The molecule has 0 bridgehead atoms. The summed E-state index contributed by atoms with van der Waals surface area (Å²) < 4.78 is 15.2. The van der Waals surface area contributed by atoms with Gasteiger partial charge in [0.05, 0.1) is 6.33 Å². The maximum Gasteiger partial charge on any atom is 0.126 e. The van der Waals surface area contributed by atoms with Gasteiger partial charge in [0, 0.05) is 34.4 Å². The first kappa shape index (κ1) is 13.7. The summed E-state index contributed by atoms with van der Waals surface area (Å²) in [7, 11) is 0. The standard InChI is InChI=1S/C16H14FN3S/c17-13-7-14(18)9-16(8-13)21-10-12-1-3-15(4-2-12)20-6-5-19-11-20/h1-9,11H,10,18H2. The number of halogens is 1. The summed E-state index contributed by atoms with van der Waals surface area (Å²) in [5.74, 6) is 0.473. The van der Waals surface area contributed by atoms with Gasteiger partial charge in [0.15, 0.2) is 0 Å². The fraction of sp³-hybridized carbons (Fsp3) is 0.0625. The van der Waals surface area contributed by atoms with Gasteiger partial charge in [0.25, 0.3) is 0 Å². The first-order valence-electron chi connectivity index (χ1n) is 6.47. The number of hydrogen-bond acceptors (Lipinski definition) is 3. The van der Waals surface area contributed by atoms with Gasteiger partial charge in [-0.3, -0.25) is 0 Å². The lowest BCUT2D eigenvalue weighted by molar-refractivity contribution is 0.625. The topological polar surface area (TPSA) is 43.8 Å². The minimum atomic E-state index is -0.298. The summed E-state index contributed by atoms with van der Waals surface area (Å²) in [4.78, 5) is 4.86. The number of aromatic nitrogens is 2. The summed E-state index contributed by atoms with van der Waals surface area (Å²) in [6.45, 7) is 0. The van der Waals surface area contributed by atoms with Crippen LogP contribution in [0.15, 0.2) is 66.1 Å². The highest BCUT2D eigenvalue weighted by atomic mass is 32.2. The largest absolute Gasteiger partial charge is 0.399 e. The van der Waals surface area contributed by atoms with Gasteiger partial charge in [0.1, 0.15) is 5.82 Å². The van der Waals surface area contributed by atoms with Crippen LogP contribution in [0, 0.1) is 5.82 Å². The molecular formula is C16H14FN3S. The van der Waals surface area contributed by atoms with Crippen molar-refractivity contribution in [2.24, 2.45) is 0 Å². The van der Waals surface area contributed by atoms with E-state index in [0.29, 0.717) is 5.69 Å². The second-order valence-electron chi connectivity index (χ2n) is 4.65. The molecule has 3 aromatic rings. The van der Waals surface area contributed by atoms with Gasteiger partial charge < -0.3 is 10.3 Å². The van der Waals surface area contributed by atoms with Crippen molar-refractivity contribution in [3.05, 3.63) is 72.6 Å². The number of nitrogens with zero attached hydrogens (tertiary/aromatic N) is 2.